The lowest BCUT2D eigenvalue weighted by Gasteiger charge is -2.20. The Morgan fingerprint density at radius 3 is 2.82 bits per heavy atom. The average Bonchev–Trinajstić information content (AvgIpc) is 2.26. The first kappa shape index (κ1) is 13.3. The molecule has 0 fully saturated rings. The van der Waals surface area contributed by atoms with E-state index >= 15 is 0 Å². The predicted molar refractivity (Wildman–Crippen MR) is 62.9 cm³/mol. The molecular formula is C11H11ClN2O3. The molecule has 0 amide bonds. The van der Waals surface area contributed by atoms with Gasteiger partial charge in [-0.25, -0.2) is 4.79 Å². The van der Waals surface area contributed by atoms with Crippen molar-refractivity contribution in [1.29, 1.82) is 5.26 Å². The number of anilines is 1. The molecule has 6 heteroatoms. The van der Waals surface area contributed by atoms with Crippen molar-refractivity contribution in [2.24, 2.45) is 0 Å². The second kappa shape index (κ2) is 5.04. The smallest absolute Gasteiger partial charge is 0.337 e. The molecule has 3 N–H and O–H groups in total. The van der Waals surface area contributed by atoms with Crippen LogP contribution in [0.15, 0.2) is 18.2 Å². The molecule has 1 atom stereocenters. The van der Waals surface area contributed by atoms with Gasteiger partial charge in [-0.3, -0.25) is 0 Å². The minimum absolute atomic E-state index is 0.249. The summed E-state index contributed by atoms with van der Waals surface area (Å²) >= 11 is 5.87. The molecule has 0 aliphatic heterocycles. The van der Waals surface area contributed by atoms with Gasteiger partial charge < -0.3 is 15.5 Å². The fourth-order valence-corrected chi connectivity index (χ4v) is 1.37. The molecule has 90 valence electrons. The van der Waals surface area contributed by atoms with Crippen molar-refractivity contribution in [3.05, 3.63) is 28.8 Å². The molecule has 0 saturated carbocycles. The lowest BCUT2D eigenvalue weighted by Crippen LogP contribution is -2.41. The molecule has 0 aliphatic rings. The van der Waals surface area contributed by atoms with E-state index in [2.05, 4.69) is 5.32 Å². The molecule has 0 radical (unpaired) electrons. The zero-order chi connectivity index (χ0) is 13.1. The van der Waals surface area contributed by atoms with Crippen molar-refractivity contribution in [3.63, 3.8) is 0 Å². The number of aliphatic carboxylic acids is 1. The van der Waals surface area contributed by atoms with E-state index in [4.69, 9.17) is 22.0 Å². The van der Waals surface area contributed by atoms with Gasteiger partial charge in [0.2, 0.25) is 0 Å². The van der Waals surface area contributed by atoms with Crippen LogP contribution in [0.5, 0.6) is 0 Å². The van der Waals surface area contributed by atoms with Crippen LogP contribution in [0.3, 0.4) is 0 Å². The van der Waals surface area contributed by atoms with Gasteiger partial charge in [0.15, 0.2) is 5.60 Å². The summed E-state index contributed by atoms with van der Waals surface area (Å²) in [5, 5.41) is 30.1. The number of rotatable bonds is 4. The first-order chi connectivity index (χ1) is 7.88. The Kier molecular flexibility index (Phi) is 3.94. The number of hydrogen-bond acceptors (Lipinski definition) is 4. The van der Waals surface area contributed by atoms with Gasteiger partial charge in [0.25, 0.3) is 0 Å². The second-order valence-corrected chi connectivity index (χ2v) is 4.11. The highest BCUT2D eigenvalue weighted by Crippen LogP contribution is 2.25. The summed E-state index contributed by atoms with van der Waals surface area (Å²) in [6.07, 6.45) is 0. The Bertz CT molecular complexity index is 480. The molecule has 0 aliphatic carbocycles. The van der Waals surface area contributed by atoms with Crippen molar-refractivity contribution in [2.75, 3.05) is 11.9 Å². The minimum Gasteiger partial charge on any atom is -0.479 e. The largest absolute Gasteiger partial charge is 0.479 e. The predicted octanol–water partition coefficient (Wildman–Crippen LogP) is 1.46. The lowest BCUT2D eigenvalue weighted by molar-refractivity contribution is -0.155. The number of benzene rings is 1. The molecular weight excluding hydrogens is 244 g/mol. The van der Waals surface area contributed by atoms with Crippen LogP contribution >= 0.6 is 11.6 Å². The highest BCUT2D eigenvalue weighted by molar-refractivity contribution is 6.33. The summed E-state index contributed by atoms with van der Waals surface area (Å²) in [5.41, 5.74) is -1.32. The van der Waals surface area contributed by atoms with E-state index in [-0.39, 0.29) is 6.54 Å². The number of nitriles is 1. The van der Waals surface area contributed by atoms with Crippen molar-refractivity contribution < 1.29 is 15.0 Å². The Hall–Kier alpha value is -1.77. The molecule has 0 saturated heterocycles. The summed E-state index contributed by atoms with van der Waals surface area (Å²) in [6, 6.07) is 6.65. The first-order valence-corrected chi connectivity index (χ1v) is 5.14. The number of para-hydroxylation sites is 1. The van der Waals surface area contributed by atoms with Gasteiger partial charge in [-0.2, -0.15) is 5.26 Å². The number of aliphatic hydroxyl groups is 1. The quantitative estimate of drug-likeness (QED) is 0.756. The normalized spacial score (nSPS) is 13.5. The van der Waals surface area contributed by atoms with Crippen LogP contribution in [0, 0.1) is 11.3 Å². The molecule has 0 spiro atoms. The zero-order valence-corrected chi connectivity index (χ0v) is 9.82. The van der Waals surface area contributed by atoms with Gasteiger partial charge in [0.05, 0.1) is 22.8 Å². The van der Waals surface area contributed by atoms with Gasteiger partial charge in [0, 0.05) is 0 Å². The topological polar surface area (TPSA) is 93.4 Å². The maximum absolute atomic E-state index is 10.7. The molecule has 1 aromatic rings. The SMILES string of the molecule is CC(O)(CNc1c(Cl)cccc1C#N)C(=O)O. The number of carbonyl (C=O) groups is 1. The second-order valence-electron chi connectivity index (χ2n) is 3.71. The molecule has 1 unspecified atom stereocenters. The monoisotopic (exact) mass is 254 g/mol. The third-order valence-corrected chi connectivity index (χ3v) is 2.52. The number of nitrogens with zero attached hydrogens (tertiary/aromatic N) is 1. The van der Waals surface area contributed by atoms with E-state index in [0.29, 0.717) is 16.3 Å². The third kappa shape index (κ3) is 3.09. The Balaban J connectivity index is 2.91. The van der Waals surface area contributed by atoms with Crippen LogP contribution in [-0.2, 0) is 4.79 Å². The number of hydrogen-bond donors (Lipinski definition) is 3. The Morgan fingerprint density at radius 2 is 2.29 bits per heavy atom. The van der Waals surface area contributed by atoms with Crippen molar-refractivity contribution >= 4 is 23.3 Å². The van der Waals surface area contributed by atoms with E-state index in [0.717, 1.165) is 6.92 Å². The molecule has 5 nitrogen and oxygen atoms in total. The van der Waals surface area contributed by atoms with Crippen molar-refractivity contribution in [1.82, 2.24) is 0 Å². The molecule has 17 heavy (non-hydrogen) atoms. The van der Waals surface area contributed by atoms with Crippen molar-refractivity contribution in [3.8, 4) is 6.07 Å². The number of carboxylic acid groups (broad SMARTS) is 1. The van der Waals surface area contributed by atoms with Crippen LogP contribution in [0.25, 0.3) is 0 Å². The van der Waals surface area contributed by atoms with Gasteiger partial charge in [0.1, 0.15) is 6.07 Å². The Morgan fingerprint density at radius 1 is 1.65 bits per heavy atom. The minimum atomic E-state index is -1.92. The van der Waals surface area contributed by atoms with Crippen LogP contribution in [0.2, 0.25) is 5.02 Å². The lowest BCUT2D eigenvalue weighted by atomic mass is 10.1. The fraction of sp³-hybridized carbons (Fsp3) is 0.273. The summed E-state index contributed by atoms with van der Waals surface area (Å²) in [5.74, 6) is -1.35. The zero-order valence-electron chi connectivity index (χ0n) is 9.07. The molecule has 0 heterocycles. The highest BCUT2D eigenvalue weighted by Gasteiger charge is 2.29. The molecule has 0 bridgehead atoms. The number of nitrogens with one attached hydrogen (secondary N) is 1. The standard InChI is InChI=1S/C11H11ClN2O3/c1-11(17,10(15)16)6-14-9-7(5-13)3-2-4-8(9)12/h2-4,14,17H,6H2,1H3,(H,15,16). The van der Waals surface area contributed by atoms with Crippen LogP contribution in [0.1, 0.15) is 12.5 Å². The van der Waals surface area contributed by atoms with Crippen LogP contribution in [-0.4, -0.2) is 28.3 Å². The summed E-state index contributed by atoms with van der Waals surface area (Å²) < 4.78 is 0. The summed E-state index contributed by atoms with van der Waals surface area (Å²) in [4.78, 5) is 10.7. The van der Waals surface area contributed by atoms with Gasteiger partial charge in [-0.05, 0) is 19.1 Å². The maximum atomic E-state index is 10.7. The Labute approximate surface area is 103 Å². The van der Waals surface area contributed by atoms with E-state index in [1.165, 1.54) is 0 Å². The average molecular weight is 255 g/mol. The number of carboxylic acids is 1. The van der Waals surface area contributed by atoms with Gasteiger partial charge in [-0.15, -0.1) is 0 Å². The van der Waals surface area contributed by atoms with E-state index in [1.807, 2.05) is 6.07 Å². The van der Waals surface area contributed by atoms with Gasteiger partial charge in [-0.1, -0.05) is 17.7 Å². The summed E-state index contributed by atoms with van der Waals surface area (Å²) in [6.45, 7) is 0.909. The fourth-order valence-electron chi connectivity index (χ4n) is 1.13. The van der Waals surface area contributed by atoms with E-state index in [9.17, 15) is 9.90 Å². The number of halogens is 1. The van der Waals surface area contributed by atoms with Gasteiger partial charge >= 0.3 is 5.97 Å². The highest BCUT2D eigenvalue weighted by atomic mass is 35.5. The van der Waals surface area contributed by atoms with E-state index in [1.54, 1.807) is 18.2 Å². The van der Waals surface area contributed by atoms with Crippen LogP contribution in [0.4, 0.5) is 5.69 Å². The van der Waals surface area contributed by atoms with Crippen molar-refractivity contribution in [2.45, 2.75) is 12.5 Å². The first-order valence-electron chi connectivity index (χ1n) is 4.77. The summed E-state index contributed by atoms with van der Waals surface area (Å²) in [7, 11) is 0. The molecule has 1 aromatic carbocycles. The third-order valence-electron chi connectivity index (χ3n) is 2.20. The molecule has 0 aromatic heterocycles. The van der Waals surface area contributed by atoms with Crippen LogP contribution < -0.4 is 5.32 Å². The van der Waals surface area contributed by atoms with E-state index < -0.39 is 11.6 Å². The maximum Gasteiger partial charge on any atom is 0.337 e. The molecule has 1 rings (SSSR count).